The van der Waals surface area contributed by atoms with Gasteiger partial charge >= 0.3 is 0 Å². The number of halogens is 2. The number of ether oxygens (including phenoxy) is 2. The third-order valence-corrected chi connectivity index (χ3v) is 6.08. The minimum absolute atomic E-state index is 0.0391. The molecule has 6 heteroatoms. The van der Waals surface area contributed by atoms with Gasteiger partial charge in [-0.2, -0.15) is 0 Å². The van der Waals surface area contributed by atoms with E-state index in [1.165, 1.54) is 0 Å². The van der Waals surface area contributed by atoms with Gasteiger partial charge in [0.2, 0.25) is 5.91 Å². The van der Waals surface area contributed by atoms with Gasteiger partial charge in [0.05, 0.1) is 17.0 Å². The van der Waals surface area contributed by atoms with Crippen molar-refractivity contribution in [3.8, 4) is 5.75 Å². The molecule has 0 unspecified atom stereocenters. The molecule has 1 aliphatic rings. The van der Waals surface area contributed by atoms with E-state index in [0.717, 1.165) is 37.7 Å². The predicted octanol–water partition coefficient (Wildman–Crippen LogP) is 6.25. The Morgan fingerprint density at radius 3 is 2.48 bits per heavy atom. The highest BCUT2D eigenvalue weighted by molar-refractivity contribution is 6.32. The smallest absolute Gasteiger partial charge is 0.235 e. The van der Waals surface area contributed by atoms with Gasteiger partial charge in [0.1, 0.15) is 11.9 Å². The van der Waals surface area contributed by atoms with Crippen molar-refractivity contribution in [2.45, 2.75) is 50.5 Å². The number of methoxy groups -OCH3 is 1. The summed E-state index contributed by atoms with van der Waals surface area (Å²) in [5.41, 5.74) is 0.924. The highest BCUT2D eigenvalue weighted by Crippen LogP contribution is 2.43. The van der Waals surface area contributed by atoms with Crippen LogP contribution in [-0.4, -0.2) is 25.7 Å². The SMILES string of the molecule is COC[C@H](C)Oc1ccc(NC(=O)C2(c3ccccc3Cl)CCCCC2)cc1Cl. The van der Waals surface area contributed by atoms with Gasteiger partial charge in [-0.15, -0.1) is 0 Å². The van der Waals surface area contributed by atoms with Crippen LogP contribution in [0.1, 0.15) is 44.6 Å². The normalized spacial score (nSPS) is 16.8. The van der Waals surface area contributed by atoms with E-state index in [-0.39, 0.29) is 12.0 Å². The summed E-state index contributed by atoms with van der Waals surface area (Å²) in [5, 5.41) is 4.15. The fourth-order valence-corrected chi connectivity index (χ4v) is 4.58. The van der Waals surface area contributed by atoms with Crippen molar-refractivity contribution in [3.63, 3.8) is 0 Å². The lowest BCUT2D eigenvalue weighted by molar-refractivity contribution is -0.122. The zero-order valence-corrected chi connectivity index (χ0v) is 18.4. The second-order valence-electron chi connectivity index (χ2n) is 7.61. The molecular weight excluding hydrogens is 409 g/mol. The van der Waals surface area contributed by atoms with Gasteiger partial charge < -0.3 is 14.8 Å². The Balaban J connectivity index is 1.82. The molecule has 0 bridgehead atoms. The molecule has 156 valence electrons. The first-order valence-corrected chi connectivity index (χ1v) is 10.7. The number of nitrogens with one attached hydrogen (secondary N) is 1. The molecule has 1 N–H and O–H groups in total. The fourth-order valence-electron chi connectivity index (χ4n) is 4.03. The van der Waals surface area contributed by atoms with Crippen LogP contribution in [0, 0.1) is 0 Å². The maximum absolute atomic E-state index is 13.4. The summed E-state index contributed by atoms with van der Waals surface area (Å²) in [6, 6.07) is 12.9. The zero-order valence-electron chi connectivity index (χ0n) is 16.8. The van der Waals surface area contributed by atoms with Crippen LogP contribution < -0.4 is 10.1 Å². The van der Waals surface area contributed by atoms with Crippen molar-refractivity contribution in [1.82, 2.24) is 0 Å². The molecule has 0 heterocycles. The lowest BCUT2D eigenvalue weighted by Gasteiger charge is -2.37. The second kappa shape index (κ2) is 9.84. The summed E-state index contributed by atoms with van der Waals surface area (Å²) in [6.45, 7) is 2.38. The Morgan fingerprint density at radius 2 is 1.83 bits per heavy atom. The van der Waals surface area contributed by atoms with Crippen LogP contribution in [0.3, 0.4) is 0 Å². The van der Waals surface area contributed by atoms with Crippen molar-refractivity contribution in [2.75, 3.05) is 19.0 Å². The van der Waals surface area contributed by atoms with E-state index < -0.39 is 5.41 Å². The predicted molar refractivity (Wildman–Crippen MR) is 118 cm³/mol. The average molecular weight is 436 g/mol. The number of amides is 1. The van der Waals surface area contributed by atoms with Crippen molar-refractivity contribution in [1.29, 1.82) is 0 Å². The molecule has 1 aliphatic carbocycles. The molecule has 1 atom stereocenters. The summed E-state index contributed by atoms with van der Waals surface area (Å²) < 4.78 is 10.9. The molecule has 3 rings (SSSR count). The van der Waals surface area contributed by atoms with Crippen LogP contribution in [0.4, 0.5) is 5.69 Å². The largest absolute Gasteiger partial charge is 0.487 e. The first-order valence-electron chi connectivity index (χ1n) is 9.98. The standard InChI is InChI=1S/C23H27Cl2NO3/c1-16(15-28-2)29-21-11-10-17(14-20(21)25)26-22(27)23(12-6-3-7-13-23)18-8-4-5-9-19(18)24/h4-5,8-11,14,16H,3,6-7,12-13,15H2,1-2H3,(H,26,27)/t16-/m0/s1. The minimum atomic E-state index is -0.620. The number of benzene rings is 2. The number of hydrogen-bond donors (Lipinski definition) is 1. The molecule has 4 nitrogen and oxygen atoms in total. The van der Waals surface area contributed by atoms with Crippen molar-refractivity contribution in [3.05, 3.63) is 58.1 Å². The molecule has 2 aromatic carbocycles. The van der Waals surface area contributed by atoms with Gasteiger partial charge in [0.25, 0.3) is 0 Å². The maximum atomic E-state index is 13.4. The van der Waals surface area contributed by atoms with Gasteiger partial charge in [-0.3, -0.25) is 4.79 Å². The van der Waals surface area contributed by atoms with Crippen molar-refractivity contribution < 1.29 is 14.3 Å². The van der Waals surface area contributed by atoms with Gasteiger partial charge in [-0.1, -0.05) is 60.7 Å². The van der Waals surface area contributed by atoms with E-state index in [1.807, 2.05) is 37.3 Å². The Hall–Kier alpha value is -1.75. The Bertz CT molecular complexity index is 850. The zero-order chi connectivity index (χ0) is 20.9. The lowest BCUT2D eigenvalue weighted by Crippen LogP contribution is -2.42. The molecule has 1 fully saturated rings. The molecule has 0 radical (unpaired) electrons. The molecule has 0 spiro atoms. The van der Waals surface area contributed by atoms with E-state index in [0.29, 0.717) is 28.1 Å². The quantitative estimate of drug-likeness (QED) is 0.558. The molecule has 0 aromatic heterocycles. The van der Waals surface area contributed by atoms with Gasteiger partial charge in [0.15, 0.2) is 0 Å². The highest BCUT2D eigenvalue weighted by atomic mass is 35.5. The van der Waals surface area contributed by atoms with Crippen LogP contribution in [0.15, 0.2) is 42.5 Å². The Kier molecular flexibility index (Phi) is 7.44. The molecule has 0 saturated heterocycles. The first-order chi connectivity index (χ1) is 14.0. The van der Waals surface area contributed by atoms with E-state index in [1.54, 1.807) is 19.2 Å². The fraction of sp³-hybridized carbons (Fsp3) is 0.435. The second-order valence-corrected chi connectivity index (χ2v) is 8.42. The van der Waals surface area contributed by atoms with Crippen molar-refractivity contribution in [2.24, 2.45) is 0 Å². The number of anilines is 1. The molecule has 1 amide bonds. The Morgan fingerprint density at radius 1 is 1.10 bits per heavy atom. The van der Waals surface area contributed by atoms with E-state index in [9.17, 15) is 4.79 Å². The highest BCUT2D eigenvalue weighted by Gasteiger charge is 2.42. The average Bonchev–Trinajstić information content (AvgIpc) is 2.71. The van der Waals surface area contributed by atoms with Crippen LogP contribution in [-0.2, 0) is 14.9 Å². The summed E-state index contributed by atoms with van der Waals surface area (Å²) in [7, 11) is 1.63. The van der Waals surface area contributed by atoms with E-state index in [2.05, 4.69) is 5.32 Å². The summed E-state index contributed by atoms with van der Waals surface area (Å²) in [5.74, 6) is 0.524. The number of carbonyl (C=O) groups excluding carboxylic acids is 1. The molecule has 1 saturated carbocycles. The third-order valence-electron chi connectivity index (χ3n) is 5.45. The maximum Gasteiger partial charge on any atom is 0.235 e. The van der Waals surface area contributed by atoms with Gasteiger partial charge in [0, 0.05) is 17.8 Å². The molecular formula is C23H27Cl2NO3. The lowest BCUT2D eigenvalue weighted by atomic mass is 9.68. The van der Waals surface area contributed by atoms with Gasteiger partial charge in [-0.25, -0.2) is 0 Å². The number of rotatable bonds is 7. The van der Waals surface area contributed by atoms with Crippen molar-refractivity contribution >= 4 is 34.8 Å². The molecule has 2 aromatic rings. The molecule has 0 aliphatic heterocycles. The number of carbonyl (C=O) groups is 1. The topological polar surface area (TPSA) is 47.6 Å². The van der Waals surface area contributed by atoms with E-state index in [4.69, 9.17) is 32.7 Å². The first kappa shape index (κ1) is 21.9. The van der Waals surface area contributed by atoms with Crippen LogP contribution >= 0.6 is 23.2 Å². The minimum Gasteiger partial charge on any atom is -0.487 e. The summed E-state index contributed by atoms with van der Waals surface area (Å²) >= 11 is 12.9. The molecule has 29 heavy (non-hydrogen) atoms. The third kappa shape index (κ3) is 5.06. The van der Waals surface area contributed by atoms with Crippen LogP contribution in [0.5, 0.6) is 5.75 Å². The van der Waals surface area contributed by atoms with Gasteiger partial charge in [-0.05, 0) is 49.6 Å². The van der Waals surface area contributed by atoms with Crippen LogP contribution in [0.2, 0.25) is 10.0 Å². The summed E-state index contributed by atoms with van der Waals surface area (Å²) in [6.07, 6.45) is 4.59. The monoisotopic (exact) mass is 435 g/mol. The summed E-state index contributed by atoms with van der Waals surface area (Å²) in [4.78, 5) is 13.4. The van der Waals surface area contributed by atoms with E-state index >= 15 is 0 Å². The van der Waals surface area contributed by atoms with Crippen LogP contribution in [0.25, 0.3) is 0 Å². The Labute approximate surface area is 182 Å². The number of hydrogen-bond acceptors (Lipinski definition) is 3.